The second-order valence-corrected chi connectivity index (χ2v) is 7.14. The molecule has 0 bridgehead atoms. The molecule has 0 fully saturated rings. The number of hydrogen-bond donors (Lipinski definition) is 1. The van der Waals surface area contributed by atoms with Crippen LogP contribution in [0.1, 0.15) is 37.2 Å². The monoisotopic (exact) mass is 390 g/mol. The standard InChI is InChI=1S/C25H30N2O2/c1-3-27(4-2)19-22-13-9-8-12-21(22)18-26-25(28)17-15-23-14-16-24(29-23)20-10-6-5-7-11-20/h5-14,16H,3-4,15,17-19H2,1-2H3,(H,26,28). The van der Waals surface area contributed by atoms with Crippen molar-refractivity contribution in [1.29, 1.82) is 0 Å². The molecule has 0 aliphatic heterocycles. The maximum Gasteiger partial charge on any atom is 0.220 e. The SMILES string of the molecule is CCN(CC)Cc1ccccc1CNC(=O)CCc1ccc(-c2ccccc2)o1. The summed E-state index contributed by atoms with van der Waals surface area (Å²) >= 11 is 0. The van der Waals surface area contributed by atoms with Crippen molar-refractivity contribution in [2.24, 2.45) is 0 Å². The summed E-state index contributed by atoms with van der Waals surface area (Å²) in [4.78, 5) is 14.7. The fourth-order valence-corrected chi connectivity index (χ4v) is 3.36. The average molecular weight is 391 g/mol. The number of benzene rings is 2. The summed E-state index contributed by atoms with van der Waals surface area (Å²) in [6, 6.07) is 22.2. The molecule has 0 saturated carbocycles. The van der Waals surface area contributed by atoms with E-state index in [-0.39, 0.29) is 5.91 Å². The van der Waals surface area contributed by atoms with Crippen molar-refractivity contribution in [1.82, 2.24) is 10.2 Å². The highest BCUT2D eigenvalue weighted by atomic mass is 16.3. The van der Waals surface area contributed by atoms with Crippen molar-refractivity contribution in [2.45, 2.75) is 39.8 Å². The zero-order valence-electron chi connectivity index (χ0n) is 17.4. The minimum absolute atomic E-state index is 0.0419. The largest absolute Gasteiger partial charge is 0.461 e. The molecule has 0 unspecified atom stereocenters. The Kier molecular flexibility index (Phi) is 7.65. The number of carbonyl (C=O) groups excluding carboxylic acids is 1. The highest BCUT2D eigenvalue weighted by molar-refractivity contribution is 5.76. The molecule has 4 heteroatoms. The van der Waals surface area contributed by atoms with E-state index in [0.717, 1.165) is 36.7 Å². The minimum Gasteiger partial charge on any atom is -0.461 e. The smallest absolute Gasteiger partial charge is 0.220 e. The van der Waals surface area contributed by atoms with Crippen molar-refractivity contribution < 1.29 is 9.21 Å². The molecule has 0 aliphatic carbocycles. The van der Waals surface area contributed by atoms with Gasteiger partial charge in [-0.15, -0.1) is 0 Å². The first kappa shape index (κ1) is 20.9. The molecule has 152 valence electrons. The predicted octanol–water partition coefficient (Wildman–Crippen LogP) is 5.04. The van der Waals surface area contributed by atoms with Crippen molar-refractivity contribution in [2.75, 3.05) is 13.1 Å². The lowest BCUT2D eigenvalue weighted by atomic mass is 10.1. The van der Waals surface area contributed by atoms with E-state index in [9.17, 15) is 4.79 Å². The van der Waals surface area contributed by atoms with Gasteiger partial charge in [0.25, 0.3) is 0 Å². The number of hydrogen-bond acceptors (Lipinski definition) is 3. The van der Waals surface area contributed by atoms with Crippen molar-refractivity contribution in [3.05, 3.63) is 83.6 Å². The van der Waals surface area contributed by atoms with Crippen LogP contribution in [-0.4, -0.2) is 23.9 Å². The molecule has 0 radical (unpaired) electrons. The Bertz CT molecular complexity index is 898. The summed E-state index contributed by atoms with van der Waals surface area (Å²) in [5.41, 5.74) is 3.50. The second kappa shape index (κ2) is 10.6. The van der Waals surface area contributed by atoms with Gasteiger partial charge >= 0.3 is 0 Å². The number of furan rings is 1. The van der Waals surface area contributed by atoms with Crippen LogP contribution in [0.15, 0.2) is 71.1 Å². The Morgan fingerprint density at radius 2 is 1.59 bits per heavy atom. The summed E-state index contributed by atoms with van der Waals surface area (Å²) in [6.07, 6.45) is 1.01. The summed E-state index contributed by atoms with van der Waals surface area (Å²) < 4.78 is 5.88. The fraction of sp³-hybridized carbons (Fsp3) is 0.320. The van der Waals surface area contributed by atoms with Crippen LogP contribution in [0.4, 0.5) is 0 Å². The Balaban J connectivity index is 1.50. The fourth-order valence-electron chi connectivity index (χ4n) is 3.36. The maximum absolute atomic E-state index is 12.3. The number of carbonyl (C=O) groups is 1. The highest BCUT2D eigenvalue weighted by Crippen LogP contribution is 2.22. The number of amides is 1. The lowest BCUT2D eigenvalue weighted by Crippen LogP contribution is -2.26. The van der Waals surface area contributed by atoms with E-state index in [1.54, 1.807) is 0 Å². The molecule has 0 spiro atoms. The quantitative estimate of drug-likeness (QED) is 0.528. The molecule has 3 aromatic rings. The molecule has 0 aliphatic rings. The van der Waals surface area contributed by atoms with Crippen molar-refractivity contribution >= 4 is 5.91 Å². The molecular formula is C25H30N2O2. The van der Waals surface area contributed by atoms with Gasteiger partial charge in [-0.3, -0.25) is 9.69 Å². The first-order chi connectivity index (χ1) is 14.2. The van der Waals surface area contributed by atoms with E-state index in [2.05, 4.69) is 42.3 Å². The minimum atomic E-state index is 0.0419. The van der Waals surface area contributed by atoms with Crippen molar-refractivity contribution in [3.8, 4) is 11.3 Å². The Labute approximate surface area is 173 Å². The Morgan fingerprint density at radius 1 is 0.897 bits per heavy atom. The third-order valence-corrected chi connectivity index (χ3v) is 5.20. The van der Waals surface area contributed by atoms with E-state index in [0.29, 0.717) is 19.4 Å². The molecule has 2 aromatic carbocycles. The van der Waals surface area contributed by atoms with Gasteiger partial charge in [0.15, 0.2) is 0 Å². The third kappa shape index (κ3) is 6.06. The number of rotatable bonds is 10. The zero-order valence-corrected chi connectivity index (χ0v) is 17.4. The molecule has 29 heavy (non-hydrogen) atoms. The molecular weight excluding hydrogens is 360 g/mol. The first-order valence-electron chi connectivity index (χ1n) is 10.4. The normalized spacial score (nSPS) is 11.0. The van der Waals surface area contributed by atoms with Crippen LogP contribution >= 0.6 is 0 Å². The van der Waals surface area contributed by atoms with Crippen LogP contribution in [0.2, 0.25) is 0 Å². The summed E-state index contributed by atoms with van der Waals surface area (Å²) in [6.45, 7) is 7.85. The molecule has 1 aromatic heterocycles. The van der Waals surface area contributed by atoms with E-state index < -0.39 is 0 Å². The highest BCUT2D eigenvalue weighted by Gasteiger charge is 2.10. The van der Waals surface area contributed by atoms with E-state index in [1.807, 2.05) is 48.5 Å². The molecule has 0 saturated heterocycles. The van der Waals surface area contributed by atoms with Crippen LogP contribution in [-0.2, 0) is 24.3 Å². The molecule has 0 atom stereocenters. The van der Waals surface area contributed by atoms with Gasteiger partial charge in [-0.05, 0) is 36.3 Å². The van der Waals surface area contributed by atoms with Gasteiger partial charge in [0.1, 0.15) is 11.5 Å². The third-order valence-electron chi connectivity index (χ3n) is 5.20. The molecule has 1 heterocycles. The summed E-state index contributed by atoms with van der Waals surface area (Å²) in [5.74, 6) is 1.72. The summed E-state index contributed by atoms with van der Waals surface area (Å²) in [5, 5.41) is 3.06. The van der Waals surface area contributed by atoms with Gasteiger partial charge < -0.3 is 9.73 Å². The van der Waals surface area contributed by atoms with Gasteiger partial charge in [-0.25, -0.2) is 0 Å². The van der Waals surface area contributed by atoms with E-state index in [4.69, 9.17) is 4.42 Å². The van der Waals surface area contributed by atoms with Crippen molar-refractivity contribution in [3.63, 3.8) is 0 Å². The van der Waals surface area contributed by atoms with E-state index >= 15 is 0 Å². The molecule has 4 nitrogen and oxygen atoms in total. The van der Waals surface area contributed by atoms with Crippen LogP contribution in [0.3, 0.4) is 0 Å². The lowest BCUT2D eigenvalue weighted by Gasteiger charge is -2.20. The molecule has 3 rings (SSSR count). The van der Waals surface area contributed by atoms with E-state index in [1.165, 1.54) is 11.1 Å². The topological polar surface area (TPSA) is 45.5 Å². The van der Waals surface area contributed by atoms with Crippen LogP contribution in [0.25, 0.3) is 11.3 Å². The Morgan fingerprint density at radius 3 is 2.31 bits per heavy atom. The van der Waals surface area contributed by atoms with Gasteiger partial charge in [-0.1, -0.05) is 68.4 Å². The van der Waals surface area contributed by atoms with Crippen LogP contribution in [0, 0.1) is 0 Å². The van der Waals surface area contributed by atoms with Gasteiger partial charge in [0.05, 0.1) is 0 Å². The van der Waals surface area contributed by atoms with Gasteiger partial charge in [0, 0.05) is 31.5 Å². The van der Waals surface area contributed by atoms with Crippen LogP contribution < -0.4 is 5.32 Å². The number of nitrogens with zero attached hydrogens (tertiary/aromatic N) is 1. The molecule has 1 N–H and O–H groups in total. The summed E-state index contributed by atoms with van der Waals surface area (Å²) in [7, 11) is 0. The van der Waals surface area contributed by atoms with Gasteiger partial charge in [-0.2, -0.15) is 0 Å². The maximum atomic E-state index is 12.3. The zero-order chi connectivity index (χ0) is 20.5. The average Bonchev–Trinajstić information content (AvgIpc) is 3.25. The lowest BCUT2D eigenvalue weighted by molar-refractivity contribution is -0.121. The predicted molar refractivity (Wildman–Crippen MR) is 117 cm³/mol. The van der Waals surface area contributed by atoms with Gasteiger partial charge in [0.2, 0.25) is 5.91 Å². The second-order valence-electron chi connectivity index (χ2n) is 7.14. The molecule has 1 amide bonds. The van der Waals surface area contributed by atoms with Crippen LogP contribution in [0.5, 0.6) is 0 Å². The first-order valence-corrected chi connectivity index (χ1v) is 10.4. The number of nitrogens with one attached hydrogen (secondary N) is 1. The number of aryl methyl sites for hydroxylation is 1. The Hall–Kier alpha value is -2.85.